The minimum atomic E-state index is -0.497. The lowest BCUT2D eigenvalue weighted by molar-refractivity contribution is -0.144. The van der Waals surface area contributed by atoms with Gasteiger partial charge in [0, 0.05) is 5.75 Å². The molecule has 4 nitrogen and oxygen atoms in total. The third-order valence-electron chi connectivity index (χ3n) is 1.38. The van der Waals surface area contributed by atoms with E-state index in [1.54, 1.807) is 18.7 Å². The average molecular weight is 206 g/mol. The first kappa shape index (κ1) is 12.7. The SMILES string of the molecule is CCOC(=O)C(N)CSCCCN. The van der Waals surface area contributed by atoms with Gasteiger partial charge in [0.15, 0.2) is 0 Å². The lowest BCUT2D eigenvalue weighted by Crippen LogP contribution is -2.34. The van der Waals surface area contributed by atoms with Crippen molar-refractivity contribution in [2.24, 2.45) is 11.5 Å². The van der Waals surface area contributed by atoms with Crippen LogP contribution in [0.25, 0.3) is 0 Å². The number of thioether (sulfide) groups is 1. The van der Waals surface area contributed by atoms with Gasteiger partial charge in [-0.3, -0.25) is 4.79 Å². The normalized spacial score (nSPS) is 12.5. The van der Waals surface area contributed by atoms with Crippen molar-refractivity contribution >= 4 is 17.7 Å². The molecule has 0 aliphatic carbocycles. The van der Waals surface area contributed by atoms with Crippen LogP contribution in [0.5, 0.6) is 0 Å². The highest BCUT2D eigenvalue weighted by Gasteiger charge is 2.13. The maximum absolute atomic E-state index is 11.0. The molecule has 0 spiro atoms. The predicted octanol–water partition coefficient (Wildman–Crippen LogP) is -0.0412. The highest BCUT2D eigenvalue weighted by Crippen LogP contribution is 2.04. The van der Waals surface area contributed by atoms with Gasteiger partial charge >= 0.3 is 5.97 Å². The standard InChI is InChI=1S/C8H18N2O2S/c1-2-12-8(11)7(10)6-13-5-3-4-9/h7H,2-6,9-10H2,1H3. The van der Waals surface area contributed by atoms with Gasteiger partial charge in [-0.2, -0.15) is 11.8 Å². The summed E-state index contributed by atoms with van der Waals surface area (Å²) in [5.41, 5.74) is 10.9. The Kier molecular flexibility index (Phi) is 8.18. The molecule has 0 aliphatic heterocycles. The van der Waals surface area contributed by atoms with E-state index in [1.807, 2.05) is 0 Å². The monoisotopic (exact) mass is 206 g/mol. The molecule has 78 valence electrons. The van der Waals surface area contributed by atoms with Gasteiger partial charge in [-0.15, -0.1) is 0 Å². The number of carbonyl (C=O) groups is 1. The highest BCUT2D eigenvalue weighted by atomic mass is 32.2. The summed E-state index contributed by atoms with van der Waals surface area (Å²) >= 11 is 1.63. The fourth-order valence-corrected chi connectivity index (χ4v) is 1.64. The van der Waals surface area contributed by atoms with E-state index >= 15 is 0 Å². The van der Waals surface area contributed by atoms with E-state index in [2.05, 4.69) is 0 Å². The molecule has 0 aromatic carbocycles. The fourth-order valence-electron chi connectivity index (χ4n) is 0.713. The zero-order valence-electron chi connectivity index (χ0n) is 7.99. The zero-order chi connectivity index (χ0) is 10.1. The van der Waals surface area contributed by atoms with Gasteiger partial charge in [-0.05, 0) is 25.6 Å². The van der Waals surface area contributed by atoms with Crippen molar-refractivity contribution in [2.45, 2.75) is 19.4 Å². The number of esters is 1. The topological polar surface area (TPSA) is 78.3 Å². The van der Waals surface area contributed by atoms with E-state index in [9.17, 15) is 4.79 Å². The fraction of sp³-hybridized carbons (Fsp3) is 0.875. The van der Waals surface area contributed by atoms with Gasteiger partial charge in [-0.25, -0.2) is 0 Å². The zero-order valence-corrected chi connectivity index (χ0v) is 8.81. The van der Waals surface area contributed by atoms with E-state index in [-0.39, 0.29) is 5.97 Å². The molecule has 5 heteroatoms. The van der Waals surface area contributed by atoms with Crippen LogP contribution in [0.15, 0.2) is 0 Å². The van der Waals surface area contributed by atoms with E-state index < -0.39 is 6.04 Å². The molecule has 0 radical (unpaired) electrons. The van der Waals surface area contributed by atoms with Crippen molar-refractivity contribution in [1.82, 2.24) is 0 Å². The smallest absolute Gasteiger partial charge is 0.323 e. The maximum Gasteiger partial charge on any atom is 0.323 e. The van der Waals surface area contributed by atoms with Crippen LogP contribution < -0.4 is 11.5 Å². The van der Waals surface area contributed by atoms with Crippen LogP contribution >= 0.6 is 11.8 Å². The van der Waals surface area contributed by atoms with Crippen LogP contribution in [0.1, 0.15) is 13.3 Å². The van der Waals surface area contributed by atoms with Crippen molar-refractivity contribution in [3.05, 3.63) is 0 Å². The molecular weight excluding hydrogens is 188 g/mol. The molecule has 1 atom stereocenters. The minimum Gasteiger partial charge on any atom is -0.465 e. The van der Waals surface area contributed by atoms with Gasteiger partial charge in [-0.1, -0.05) is 0 Å². The van der Waals surface area contributed by atoms with E-state index in [0.717, 1.165) is 12.2 Å². The first-order valence-corrected chi connectivity index (χ1v) is 5.57. The van der Waals surface area contributed by atoms with Gasteiger partial charge in [0.05, 0.1) is 6.61 Å². The third kappa shape index (κ3) is 6.86. The highest BCUT2D eigenvalue weighted by molar-refractivity contribution is 7.99. The molecule has 0 saturated carbocycles. The Hall–Kier alpha value is -0.260. The molecule has 4 N–H and O–H groups in total. The molecule has 0 aliphatic rings. The summed E-state index contributed by atoms with van der Waals surface area (Å²) in [6, 6.07) is -0.497. The molecule has 0 rings (SSSR count). The summed E-state index contributed by atoms with van der Waals surface area (Å²) in [4.78, 5) is 11.0. The van der Waals surface area contributed by atoms with Crippen LogP contribution in [0.3, 0.4) is 0 Å². The number of nitrogens with two attached hydrogens (primary N) is 2. The largest absolute Gasteiger partial charge is 0.465 e. The van der Waals surface area contributed by atoms with Crippen molar-refractivity contribution in [1.29, 1.82) is 0 Å². The van der Waals surface area contributed by atoms with Crippen molar-refractivity contribution in [3.8, 4) is 0 Å². The quantitative estimate of drug-likeness (QED) is 0.451. The summed E-state index contributed by atoms with van der Waals surface area (Å²) in [5.74, 6) is 1.24. The molecule has 13 heavy (non-hydrogen) atoms. The second-order valence-corrected chi connectivity index (χ2v) is 3.73. The Labute approximate surface area is 83.4 Å². The molecule has 0 aromatic rings. The molecule has 1 unspecified atom stereocenters. The second-order valence-electron chi connectivity index (χ2n) is 2.58. The Morgan fingerprint density at radius 3 is 2.85 bits per heavy atom. The van der Waals surface area contributed by atoms with Gasteiger partial charge in [0.1, 0.15) is 6.04 Å². The maximum atomic E-state index is 11.0. The second kappa shape index (κ2) is 8.34. The third-order valence-corrected chi connectivity index (χ3v) is 2.55. The van der Waals surface area contributed by atoms with Crippen LogP contribution in [0.2, 0.25) is 0 Å². The van der Waals surface area contributed by atoms with Crippen molar-refractivity contribution in [2.75, 3.05) is 24.7 Å². The first-order chi connectivity index (χ1) is 6.22. The lowest BCUT2D eigenvalue weighted by atomic mass is 10.4. The van der Waals surface area contributed by atoms with Crippen LogP contribution in [0, 0.1) is 0 Å². The van der Waals surface area contributed by atoms with Gasteiger partial charge < -0.3 is 16.2 Å². The lowest BCUT2D eigenvalue weighted by Gasteiger charge is -2.09. The van der Waals surface area contributed by atoms with Crippen molar-refractivity contribution < 1.29 is 9.53 Å². The molecular formula is C8H18N2O2S. The number of carbonyl (C=O) groups excluding carboxylic acids is 1. The molecule has 0 bridgehead atoms. The summed E-state index contributed by atoms with van der Waals surface area (Å²) in [5, 5.41) is 0. The molecule has 0 amide bonds. The van der Waals surface area contributed by atoms with Gasteiger partial charge in [0.25, 0.3) is 0 Å². The van der Waals surface area contributed by atoms with Crippen molar-refractivity contribution in [3.63, 3.8) is 0 Å². The van der Waals surface area contributed by atoms with Crippen LogP contribution in [-0.4, -0.2) is 36.7 Å². The molecule has 0 saturated heterocycles. The summed E-state index contributed by atoms with van der Waals surface area (Å²) < 4.78 is 4.76. The number of rotatable bonds is 7. The Balaban J connectivity index is 3.38. The number of hydrogen-bond donors (Lipinski definition) is 2. The Morgan fingerprint density at radius 2 is 2.31 bits per heavy atom. The Morgan fingerprint density at radius 1 is 1.62 bits per heavy atom. The van der Waals surface area contributed by atoms with Gasteiger partial charge in [0.2, 0.25) is 0 Å². The number of ether oxygens (including phenoxy) is 1. The summed E-state index contributed by atoms with van der Waals surface area (Å²) in [6.45, 7) is 2.84. The van der Waals surface area contributed by atoms with E-state index in [4.69, 9.17) is 16.2 Å². The Bertz CT molecular complexity index is 144. The van der Waals surface area contributed by atoms with Crippen LogP contribution in [-0.2, 0) is 9.53 Å². The molecule has 0 aromatic heterocycles. The minimum absolute atomic E-state index is 0.317. The summed E-state index contributed by atoms with van der Waals surface area (Å²) in [7, 11) is 0. The summed E-state index contributed by atoms with van der Waals surface area (Å²) in [6.07, 6.45) is 0.959. The molecule has 0 fully saturated rings. The first-order valence-electron chi connectivity index (χ1n) is 4.42. The van der Waals surface area contributed by atoms with E-state index in [1.165, 1.54) is 0 Å². The molecule has 0 heterocycles. The van der Waals surface area contributed by atoms with Crippen LogP contribution in [0.4, 0.5) is 0 Å². The predicted molar refractivity (Wildman–Crippen MR) is 55.6 cm³/mol. The van der Waals surface area contributed by atoms with E-state index in [0.29, 0.717) is 18.9 Å². The average Bonchev–Trinajstić information content (AvgIpc) is 2.12. The number of hydrogen-bond acceptors (Lipinski definition) is 5.